The zero-order valence-electron chi connectivity index (χ0n) is 10.8. The number of nitrogens with zero attached hydrogens (tertiary/aromatic N) is 1. The number of hydrogen-bond donors (Lipinski definition) is 0. The summed E-state index contributed by atoms with van der Waals surface area (Å²) in [7, 11) is 0. The van der Waals surface area contributed by atoms with E-state index in [-0.39, 0.29) is 5.82 Å². The maximum absolute atomic E-state index is 14.1. The highest BCUT2D eigenvalue weighted by Gasteiger charge is 2.10. The van der Waals surface area contributed by atoms with Crippen LogP contribution in [-0.2, 0) is 0 Å². The first-order valence-corrected chi connectivity index (χ1v) is 6.58. The highest BCUT2D eigenvalue weighted by Crippen LogP contribution is 2.31. The lowest BCUT2D eigenvalue weighted by atomic mass is 10.0. The first-order valence-electron chi connectivity index (χ1n) is 6.58. The fourth-order valence-corrected chi connectivity index (χ4v) is 2.76. The first kappa shape index (κ1) is 11.2. The summed E-state index contributed by atoms with van der Waals surface area (Å²) >= 11 is 0. The average Bonchev–Trinajstić information content (AvgIpc) is 2.97. The van der Waals surface area contributed by atoms with Gasteiger partial charge in [0, 0.05) is 17.3 Å². The third-order valence-corrected chi connectivity index (χ3v) is 3.68. The lowest BCUT2D eigenvalue weighted by molar-refractivity contribution is 0.631. The van der Waals surface area contributed by atoms with Gasteiger partial charge in [0.1, 0.15) is 5.82 Å². The van der Waals surface area contributed by atoms with Crippen LogP contribution in [0.3, 0.4) is 0 Å². The van der Waals surface area contributed by atoms with E-state index in [1.807, 2.05) is 42.6 Å². The molecule has 2 heterocycles. The van der Waals surface area contributed by atoms with E-state index < -0.39 is 0 Å². The van der Waals surface area contributed by atoms with Gasteiger partial charge in [-0.1, -0.05) is 36.4 Å². The predicted octanol–water partition coefficient (Wildman–Crippen LogP) is 4.90. The Balaban J connectivity index is 2.17. The van der Waals surface area contributed by atoms with E-state index in [1.165, 1.54) is 6.07 Å². The Morgan fingerprint density at radius 2 is 1.45 bits per heavy atom. The molecule has 20 heavy (non-hydrogen) atoms. The van der Waals surface area contributed by atoms with E-state index in [9.17, 15) is 4.39 Å². The summed E-state index contributed by atoms with van der Waals surface area (Å²) in [5.41, 5.74) is 3.72. The van der Waals surface area contributed by atoms with Crippen LogP contribution in [0.4, 0.5) is 4.39 Å². The molecule has 0 unspecified atom stereocenters. The SMILES string of the molecule is Fc1ccccc1-c1cc2ccccc2n2cccc12. The van der Waals surface area contributed by atoms with Gasteiger partial charge in [-0.15, -0.1) is 0 Å². The monoisotopic (exact) mass is 261 g/mol. The molecule has 0 fully saturated rings. The summed E-state index contributed by atoms with van der Waals surface area (Å²) in [5.74, 6) is -0.189. The molecule has 0 spiro atoms. The van der Waals surface area contributed by atoms with Gasteiger partial charge in [0.15, 0.2) is 0 Å². The molecule has 0 atom stereocenters. The van der Waals surface area contributed by atoms with Crippen molar-refractivity contribution in [3.8, 4) is 11.1 Å². The van der Waals surface area contributed by atoms with Crippen molar-refractivity contribution >= 4 is 16.4 Å². The molecule has 0 aliphatic carbocycles. The molecule has 0 saturated carbocycles. The molecule has 0 aliphatic heterocycles. The Kier molecular flexibility index (Phi) is 2.36. The number of benzene rings is 2. The van der Waals surface area contributed by atoms with E-state index in [4.69, 9.17) is 0 Å². The Bertz CT molecular complexity index is 921. The van der Waals surface area contributed by atoms with Gasteiger partial charge in [-0.3, -0.25) is 0 Å². The van der Waals surface area contributed by atoms with E-state index in [1.54, 1.807) is 6.07 Å². The van der Waals surface area contributed by atoms with Gasteiger partial charge in [-0.25, -0.2) is 4.39 Å². The summed E-state index contributed by atoms with van der Waals surface area (Å²) in [6.45, 7) is 0. The lowest BCUT2D eigenvalue weighted by Gasteiger charge is -2.10. The molecule has 0 saturated heterocycles. The Hall–Kier alpha value is -2.61. The van der Waals surface area contributed by atoms with Gasteiger partial charge in [-0.05, 0) is 35.7 Å². The molecule has 96 valence electrons. The number of halogens is 1. The number of para-hydroxylation sites is 1. The van der Waals surface area contributed by atoms with Crippen molar-refractivity contribution in [3.05, 3.63) is 78.7 Å². The molecule has 0 bridgehead atoms. The van der Waals surface area contributed by atoms with E-state index >= 15 is 0 Å². The summed E-state index contributed by atoms with van der Waals surface area (Å²) < 4.78 is 16.2. The van der Waals surface area contributed by atoms with Crippen LogP contribution in [0.15, 0.2) is 72.9 Å². The first-order chi connectivity index (χ1) is 9.84. The van der Waals surface area contributed by atoms with Crippen molar-refractivity contribution in [2.45, 2.75) is 0 Å². The molecular weight excluding hydrogens is 249 g/mol. The summed E-state index contributed by atoms with van der Waals surface area (Å²) in [6.07, 6.45) is 2.02. The maximum Gasteiger partial charge on any atom is 0.131 e. The standard InChI is InChI=1S/C18H12FN/c19-16-8-3-2-7-14(16)15-12-13-6-1-4-9-17(13)20-11-5-10-18(15)20/h1-12H. The Morgan fingerprint density at radius 1 is 0.700 bits per heavy atom. The molecule has 2 aromatic heterocycles. The molecular formula is C18H12FN. The van der Waals surface area contributed by atoms with Crippen molar-refractivity contribution in [1.29, 1.82) is 0 Å². The van der Waals surface area contributed by atoms with Crippen molar-refractivity contribution in [3.63, 3.8) is 0 Å². The summed E-state index contributed by atoms with van der Waals surface area (Å²) in [6, 6.07) is 21.1. The fourth-order valence-electron chi connectivity index (χ4n) is 2.76. The van der Waals surface area contributed by atoms with Crippen molar-refractivity contribution in [2.75, 3.05) is 0 Å². The van der Waals surface area contributed by atoms with Crippen LogP contribution in [0.25, 0.3) is 27.5 Å². The predicted molar refractivity (Wildman–Crippen MR) is 80.3 cm³/mol. The molecule has 0 N–H and O–H groups in total. The van der Waals surface area contributed by atoms with Crippen molar-refractivity contribution in [2.24, 2.45) is 0 Å². The van der Waals surface area contributed by atoms with Gasteiger partial charge >= 0.3 is 0 Å². The van der Waals surface area contributed by atoms with Crippen LogP contribution >= 0.6 is 0 Å². The Morgan fingerprint density at radius 3 is 2.35 bits per heavy atom. The van der Waals surface area contributed by atoms with Crippen LogP contribution in [0.1, 0.15) is 0 Å². The Labute approximate surface area is 115 Å². The van der Waals surface area contributed by atoms with Crippen LogP contribution in [0.5, 0.6) is 0 Å². The number of hydrogen-bond acceptors (Lipinski definition) is 0. The molecule has 2 aromatic carbocycles. The highest BCUT2D eigenvalue weighted by atomic mass is 19.1. The summed E-state index contributed by atoms with van der Waals surface area (Å²) in [5, 5.41) is 1.11. The normalized spacial score (nSPS) is 11.2. The minimum atomic E-state index is -0.189. The van der Waals surface area contributed by atoms with Gasteiger partial charge < -0.3 is 4.40 Å². The molecule has 4 aromatic rings. The quantitative estimate of drug-likeness (QED) is 0.459. The minimum absolute atomic E-state index is 0.189. The molecule has 1 nitrogen and oxygen atoms in total. The minimum Gasteiger partial charge on any atom is -0.316 e. The van der Waals surface area contributed by atoms with Crippen molar-refractivity contribution < 1.29 is 4.39 Å². The van der Waals surface area contributed by atoms with E-state index in [2.05, 4.69) is 22.6 Å². The smallest absolute Gasteiger partial charge is 0.131 e. The van der Waals surface area contributed by atoms with Crippen LogP contribution < -0.4 is 0 Å². The molecule has 2 heteroatoms. The second kappa shape index (κ2) is 4.20. The molecule has 0 amide bonds. The van der Waals surface area contributed by atoms with Gasteiger partial charge in [0.05, 0.1) is 11.0 Å². The van der Waals surface area contributed by atoms with Crippen LogP contribution in [0, 0.1) is 5.82 Å². The number of rotatable bonds is 1. The highest BCUT2D eigenvalue weighted by molar-refractivity contribution is 5.93. The lowest BCUT2D eigenvalue weighted by Crippen LogP contribution is -1.91. The topological polar surface area (TPSA) is 4.41 Å². The van der Waals surface area contributed by atoms with Crippen molar-refractivity contribution in [1.82, 2.24) is 4.40 Å². The third-order valence-electron chi connectivity index (χ3n) is 3.68. The molecule has 0 aliphatic rings. The van der Waals surface area contributed by atoms with E-state index in [0.717, 1.165) is 22.0 Å². The van der Waals surface area contributed by atoms with Gasteiger partial charge in [-0.2, -0.15) is 0 Å². The van der Waals surface area contributed by atoms with Gasteiger partial charge in [0.25, 0.3) is 0 Å². The zero-order chi connectivity index (χ0) is 13.5. The maximum atomic E-state index is 14.1. The number of aromatic nitrogens is 1. The molecule has 4 rings (SSSR count). The van der Waals surface area contributed by atoms with Gasteiger partial charge in [0.2, 0.25) is 0 Å². The second-order valence-electron chi connectivity index (χ2n) is 4.86. The van der Waals surface area contributed by atoms with E-state index in [0.29, 0.717) is 5.56 Å². The third kappa shape index (κ3) is 1.55. The van der Waals surface area contributed by atoms with Crippen LogP contribution in [-0.4, -0.2) is 4.40 Å². The number of pyridine rings is 1. The average molecular weight is 261 g/mol. The number of fused-ring (bicyclic) bond motifs is 3. The summed E-state index contributed by atoms with van der Waals surface area (Å²) in [4.78, 5) is 0. The second-order valence-corrected chi connectivity index (χ2v) is 4.86. The fraction of sp³-hybridized carbons (Fsp3) is 0. The largest absolute Gasteiger partial charge is 0.316 e. The zero-order valence-corrected chi connectivity index (χ0v) is 10.8. The molecule has 0 radical (unpaired) electrons. The van der Waals surface area contributed by atoms with Crippen LogP contribution in [0.2, 0.25) is 0 Å².